The molecule has 1 saturated heterocycles. The van der Waals surface area contributed by atoms with Crippen molar-refractivity contribution in [2.24, 2.45) is 0 Å². The highest BCUT2D eigenvalue weighted by molar-refractivity contribution is 6.08. The largest absolute Gasteiger partial charge is 0.355 e. The van der Waals surface area contributed by atoms with Gasteiger partial charge in [0.15, 0.2) is 0 Å². The van der Waals surface area contributed by atoms with E-state index in [-0.39, 0.29) is 17.1 Å². The number of nitrogens with zero attached hydrogens (tertiary/aromatic N) is 3. The van der Waals surface area contributed by atoms with Gasteiger partial charge in [-0.3, -0.25) is 4.79 Å². The fourth-order valence-corrected chi connectivity index (χ4v) is 5.05. The average molecular weight is 446 g/mol. The number of aromatic amines is 2. The molecular weight excluding hydrogens is 423 g/mol. The number of aromatic nitrogens is 5. The normalized spacial score (nSPS) is 20.1. The summed E-state index contributed by atoms with van der Waals surface area (Å²) in [4.78, 5) is 21.1. The lowest BCUT2D eigenvalue weighted by Crippen LogP contribution is -2.54. The predicted octanol–water partition coefficient (Wildman–Crippen LogP) is 2.90. The Morgan fingerprint density at radius 3 is 2.94 bits per heavy atom. The number of anilines is 2. The molecule has 0 saturated carbocycles. The molecule has 1 atom stereocenters. The third-order valence-corrected chi connectivity index (χ3v) is 6.84. The average Bonchev–Trinajstić information content (AvgIpc) is 3.46. The second kappa shape index (κ2) is 7.38. The minimum Gasteiger partial charge on any atom is -0.355 e. The molecule has 4 aromatic rings. The molecule has 168 valence electrons. The fourth-order valence-electron chi connectivity index (χ4n) is 5.05. The number of pyridine rings is 1. The van der Waals surface area contributed by atoms with Crippen LogP contribution in [0.5, 0.6) is 0 Å². The number of piperidine rings is 1. The van der Waals surface area contributed by atoms with Crippen LogP contribution >= 0.6 is 0 Å². The molecule has 0 bridgehead atoms. The highest BCUT2D eigenvalue weighted by Crippen LogP contribution is 2.45. The summed E-state index contributed by atoms with van der Waals surface area (Å²) in [6.45, 7) is 3.98. The lowest BCUT2D eigenvalue weighted by atomic mass is 9.74. The van der Waals surface area contributed by atoms with Crippen LogP contribution in [0.4, 0.5) is 15.8 Å². The van der Waals surface area contributed by atoms with Crippen LogP contribution in [0, 0.1) is 12.7 Å². The summed E-state index contributed by atoms with van der Waals surface area (Å²) in [5, 5.41) is 21.0. The Kier molecular flexibility index (Phi) is 4.44. The first-order valence-corrected chi connectivity index (χ1v) is 11.0. The van der Waals surface area contributed by atoms with Crippen molar-refractivity contribution >= 4 is 28.4 Å². The van der Waals surface area contributed by atoms with Gasteiger partial charge in [-0.15, -0.1) is 5.10 Å². The maximum absolute atomic E-state index is 14.3. The van der Waals surface area contributed by atoms with Gasteiger partial charge in [-0.05, 0) is 44.5 Å². The molecule has 1 fully saturated rings. The van der Waals surface area contributed by atoms with Gasteiger partial charge in [-0.25, -0.2) is 9.37 Å². The summed E-state index contributed by atoms with van der Waals surface area (Å²) < 4.78 is 14.3. The Morgan fingerprint density at radius 2 is 2.09 bits per heavy atom. The lowest BCUT2D eigenvalue weighted by Gasteiger charge is -2.40. The Labute approximate surface area is 188 Å². The number of amides is 1. The summed E-state index contributed by atoms with van der Waals surface area (Å²) in [5.74, 6) is -0.475. The van der Waals surface area contributed by atoms with Crippen molar-refractivity contribution < 1.29 is 9.18 Å². The Bertz CT molecular complexity index is 1380. The van der Waals surface area contributed by atoms with Gasteiger partial charge in [0, 0.05) is 47.2 Å². The van der Waals surface area contributed by atoms with Gasteiger partial charge in [0.1, 0.15) is 11.3 Å². The number of carbonyl (C=O) groups excluding carboxylic acids is 1. The second-order valence-corrected chi connectivity index (χ2v) is 8.76. The Hall–Kier alpha value is -3.79. The minimum absolute atomic E-state index is 0.161. The van der Waals surface area contributed by atoms with E-state index in [0.29, 0.717) is 45.9 Å². The van der Waals surface area contributed by atoms with E-state index in [2.05, 4.69) is 41.3 Å². The molecule has 1 spiro atoms. The summed E-state index contributed by atoms with van der Waals surface area (Å²) in [5.41, 5.74) is 5.38. The first-order chi connectivity index (χ1) is 16.1. The van der Waals surface area contributed by atoms with Crippen LogP contribution in [0.3, 0.4) is 0 Å². The maximum Gasteiger partial charge on any atom is 0.255 e. The predicted molar refractivity (Wildman–Crippen MR) is 122 cm³/mol. The number of hydrogen-bond acceptors (Lipinski definition) is 6. The third-order valence-electron chi connectivity index (χ3n) is 6.84. The number of H-pyrrole nitrogens is 2. The van der Waals surface area contributed by atoms with Crippen LogP contribution in [0.15, 0.2) is 30.5 Å². The molecule has 1 amide bonds. The molecule has 5 N–H and O–H groups in total. The van der Waals surface area contributed by atoms with E-state index in [9.17, 15) is 9.18 Å². The summed E-state index contributed by atoms with van der Waals surface area (Å²) >= 11 is 0. The van der Waals surface area contributed by atoms with Gasteiger partial charge in [-0.1, -0.05) is 6.07 Å². The fraction of sp³-hybridized carbons (Fsp3) is 0.304. The van der Waals surface area contributed by atoms with Gasteiger partial charge in [-0.2, -0.15) is 10.3 Å². The summed E-state index contributed by atoms with van der Waals surface area (Å²) in [6.07, 6.45) is 3.62. The van der Waals surface area contributed by atoms with Crippen molar-refractivity contribution in [1.82, 2.24) is 36.0 Å². The monoisotopic (exact) mass is 446 g/mol. The van der Waals surface area contributed by atoms with Crippen LogP contribution in [0.25, 0.3) is 22.4 Å². The second-order valence-electron chi connectivity index (χ2n) is 8.76. The molecule has 10 heteroatoms. The van der Waals surface area contributed by atoms with Gasteiger partial charge >= 0.3 is 0 Å². The van der Waals surface area contributed by atoms with Gasteiger partial charge in [0.2, 0.25) is 5.65 Å². The zero-order chi connectivity index (χ0) is 22.6. The van der Waals surface area contributed by atoms with E-state index in [0.717, 1.165) is 37.2 Å². The van der Waals surface area contributed by atoms with E-state index in [1.165, 1.54) is 6.07 Å². The van der Waals surface area contributed by atoms with Crippen molar-refractivity contribution in [3.05, 3.63) is 53.1 Å². The van der Waals surface area contributed by atoms with Crippen LogP contribution in [0.1, 0.15) is 34.5 Å². The standard InChI is InChI=1S/C23H23FN8O/c1-12-14(24)4-2-5-15(12)28-19-16-20(23(11-27-22(16)33)7-3-8-25-10-23)29-17(19)13-6-9-26-21-18(13)30-32-31-21/h2,4-6,9,25,28-29H,3,7-8,10-11H2,1H3,(H,27,33)(H,26,30,31,32)/t23-/m1/s1. The zero-order valence-corrected chi connectivity index (χ0v) is 18.1. The summed E-state index contributed by atoms with van der Waals surface area (Å²) in [6, 6.07) is 6.72. The topological polar surface area (TPSA) is 123 Å². The smallest absolute Gasteiger partial charge is 0.255 e. The molecule has 2 aliphatic rings. The maximum atomic E-state index is 14.3. The van der Waals surface area contributed by atoms with Crippen molar-refractivity contribution in [3.8, 4) is 11.3 Å². The minimum atomic E-state index is -0.314. The Balaban J connectivity index is 1.62. The van der Waals surface area contributed by atoms with E-state index in [1.54, 1.807) is 25.3 Å². The molecular formula is C23H23FN8O. The zero-order valence-electron chi connectivity index (χ0n) is 18.1. The number of fused-ring (bicyclic) bond motifs is 3. The van der Waals surface area contributed by atoms with Crippen LogP contribution in [0.2, 0.25) is 0 Å². The van der Waals surface area contributed by atoms with Crippen LogP contribution in [-0.4, -0.2) is 50.9 Å². The van der Waals surface area contributed by atoms with Gasteiger partial charge in [0.25, 0.3) is 5.91 Å². The molecule has 0 radical (unpaired) electrons. The number of rotatable bonds is 3. The number of benzene rings is 1. The van der Waals surface area contributed by atoms with Gasteiger partial charge < -0.3 is 20.9 Å². The van der Waals surface area contributed by atoms with E-state index < -0.39 is 0 Å². The van der Waals surface area contributed by atoms with Crippen molar-refractivity contribution in [3.63, 3.8) is 0 Å². The van der Waals surface area contributed by atoms with E-state index in [4.69, 9.17) is 0 Å². The first kappa shape index (κ1) is 19.9. The first-order valence-electron chi connectivity index (χ1n) is 11.0. The Morgan fingerprint density at radius 1 is 1.18 bits per heavy atom. The number of carbonyl (C=O) groups is 1. The molecule has 0 unspecified atom stereocenters. The quantitative estimate of drug-likeness (QED) is 0.330. The molecule has 33 heavy (non-hydrogen) atoms. The lowest BCUT2D eigenvalue weighted by molar-refractivity contribution is 0.0916. The molecule has 1 aromatic carbocycles. The van der Waals surface area contributed by atoms with E-state index >= 15 is 0 Å². The number of hydrogen-bond donors (Lipinski definition) is 5. The van der Waals surface area contributed by atoms with Crippen molar-refractivity contribution in [1.29, 1.82) is 0 Å². The molecule has 5 heterocycles. The van der Waals surface area contributed by atoms with Crippen molar-refractivity contribution in [2.75, 3.05) is 25.0 Å². The SMILES string of the molecule is Cc1c(F)cccc1Nc1c(-c2ccnc3n[nH]nc23)[nH]c2c1C(=O)NC[C@]21CCCNC1. The van der Waals surface area contributed by atoms with Crippen LogP contribution < -0.4 is 16.0 Å². The molecule has 0 aliphatic carbocycles. The highest BCUT2D eigenvalue weighted by Gasteiger charge is 2.44. The van der Waals surface area contributed by atoms with E-state index in [1.807, 2.05) is 6.07 Å². The molecule has 6 rings (SSSR count). The van der Waals surface area contributed by atoms with Gasteiger partial charge in [0.05, 0.1) is 16.9 Å². The molecule has 3 aromatic heterocycles. The third kappa shape index (κ3) is 3.01. The van der Waals surface area contributed by atoms with Crippen LogP contribution in [-0.2, 0) is 5.41 Å². The number of nitrogens with one attached hydrogen (secondary N) is 5. The summed E-state index contributed by atoms with van der Waals surface area (Å²) in [7, 11) is 0. The number of halogens is 1. The highest BCUT2D eigenvalue weighted by atomic mass is 19.1. The molecule has 2 aliphatic heterocycles. The molecule has 9 nitrogen and oxygen atoms in total. The van der Waals surface area contributed by atoms with Crippen molar-refractivity contribution in [2.45, 2.75) is 25.2 Å².